The SMILES string of the molecule is Cl.NC(=O)C1CCN2CC=CC=C12. The van der Waals surface area contributed by atoms with Crippen LogP contribution >= 0.6 is 12.4 Å². The van der Waals surface area contributed by atoms with Gasteiger partial charge >= 0.3 is 0 Å². The minimum Gasteiger partial charge on any atom is -0.370 e. The maximum atomic E-state index is 11.0. The van der Waals surface area contributed by atoms with E-state index in [4.69, 9.17) is 5.73 Å². The molecule has 1 amide bonds. The van der Waals surface area contributed by atoms with E-state index in [1.54, 1.807) is 0 Å². The van der Waals surface area contributed by atoms with E-state index in [-0.39, 0.29) is 24.2 Å². The van der Waals surface area contributed by atoms with Crippen molar-refractivity contribution in [3.05, 3.63) is 23.9 Å². The van der Waals surface area contributed by atoms with E-state index in [0.717, 1.165) is 25.2 Å². The summed E-state index contributed by atoms with van der Waals surface area (Å²) >= 11 is 0. The van der Waals surface area contributed by atoms with Gasteiger partial charge in [-0.25, -0.2) is 0 Å². The molecule has 3 nitrogen and oxygen atoms in total. The van der Waals surface area contributed by atoms with Crippen LogP contribution in [0.4, 0.5) is 0 Å². The summed E-state index contributed by atoms with van der Waals surface area (Å²) in [5.41, 5.74) is 6.38. The number of carbonyl (C=O) groups excluding carboxylic acids is 1. The average Bonchev–Trinajstić information content (AvgIpc) is 2.47. The topological polar surface area (TPSA) is 46.3 Å². The van der Waals surface area contributed by atoms with Crippen LogP contribution in [0.1, 0.15) is 6.42 Å². The summed E-state index contributed by atoms with van der Waals surface area (Å²) in [4.78, 5) is 13.2. The Balaban J connectivity index is 0.000000845. The molecule has 2 heterocycles. The third kappa shape index (κ3) is 1.70. The molecule has 2 N–H and O–H groups in total. The van der Waals surface area contributed by atoms with Crippen LogP contribution in [0.2, 0.25) is 0 Å². The van der Waals surface area contributed by atoms with Crippen LogP contribution in [-0.4, -0.2) is 23.9 Å². The predicted octanol–water partition coefficient (Wildman–Crippen LogP) is 0.669. The summed E-state index contributed by atoms with van der Waals surface area (Å²) in [6, 6.07) is 0. The van der Waals surface area contributed by atoms with Gasteiger partial charge in [-0.2, -0.15) is 0 Å². The van der Waals surface area contributed by atoms with E-state index < -0.39 is 0 Å². The molecule has 0 aromatic heterocycles. The van der Waals surface area contributed by atoms with E-state index in [9.17, 15) is 4.79 Å². The van der Waals surface area contributed by atoms with Crippen LogP contribution in [-0.2, 0) is 4.79 Å². The van der Waals surface area contributed by atoms with E-state index in [0.29, 0.717) is 0 Å². The Morgan fingerprint density at radius 3 is 3.08 bits per heavy atom. The number of hydrogen-bond donors (Lipinski definition) is 1. The number of allylic oxidation sites excluding steroid dienone is 2. The minimum absolute atomic E-state index is 0. The van der Waals surface area contributed by atoms with Gasteiger partial charge in [-0.05, 0) is 12.5 Å². The van der Waals surface area contributed by atoms with Gasteiger partial charge in [-0.3, -0.25) is 4.79 Å². The zero-order valence-electron chi connectivity index (χ0n) is 7.27. The van der Waals surface area contributed by atoms with Gasteiger partial charge in [0, 0.05) is 18.8 Å². The first-order chi connectivity index (χ1) is 5.79. The molecule has 2 aliphatic heterocycles. The van der Waals surface area contributed by atoms with Crippen molar-refractivity contribution in [2.45, 2.75) is 6.42 Å². The molecule has 1 fully saturated rings. The lowest BCUT2D eigenvalue weighted by Crippen LogP contribution is -2.26. The van der Waals surface area contributed by atoms with E-state index in [1.165, 1.54) is 0 Å². The highest BCUT2D eigenvalue weighted by Crippen LogP contribution is 2.29. The molecular weight excluding hydrogens is 188 g/mol. The number of nitrogens with two attached hydrogens (primary N) is 1. The number of halogens is 1. The van der Waals surface area contributed by atoms with Crippen molar-refractivity contribution < 1.29 is 4.79 Å². The molecule has 4 heteroatoms. The van der Waals surface area contributed by atoms with Crippen LogP contribution in [0.25, 0.3) is 0 Å². The molecule has 2 aliphatic rings. The van der Waals surface area contributed by atoms with Gasteiger partial charge in [0.25, 0.3) is 0 Å². The molecule has 72 valence electrons. The Hall–Kier alpha value is -0.960. The van der Waals surface area contributed by atoms with Crippen molar-refractivity contribution in [3.8, 4) is 0 Å². The number of primary amides is 1. The maximum absolute atomic E-state index is 11.0. The number of nitrogens with zero attached hydrogens (tertiary/aromatic N) is 1. The molecule has 0 saturated carbocycles. The van der Waals surface area contributed by atoms with Gasteiger partial charge in [-0.15, -0.1) is 12.4 Å². The quantitative estimate of drug-likeness (QED) is 0.677. The van der Waals surface area contributed by atoms with Crippen molar-refractivity contribution in [1.82, 2.24) is 4.90 Å². The summed E-state index contributed by atoms with van der Waals surface area (Å²) < 4.78 is 0. The second-order valence-electron chi connectivity index (χ2n) is 3.21. The molecule has 0 aromatic rings. The fourth-order valence-electron chi connectivity index (χ4n) is 1.84. The predicted molar refractivity (Wildman–Crippen MR) is 53.3 cm³/mol. The lowest BCUT2D eigenvalue weighted by molar-refractivity contribution is -0.120. The van der Waals surface area contributed by atoms with Crippen LogP contribution in [0, 0.1) is 5.92 Å². The third-order valence-corrected chi connectivity index (χ3v) is 2.48. The first kappa shape index (κ1) is 10.1. The fraction of sp³-hybridized carbons (Fsp3) is 0.444. The van der Waals surface area contributed by atoms with Gasteiger partial charge in [0.1, 0.15) is 0 Å². The van der Waals surface area contributed by atoms with Crippen LogP contribution in [0.5, 0.6) is 0 Å². The summed E-state index contributed by atoms with van der Waals surface area (Å²) in [6.07, 6.45) is 6.95. The van der Waals surface area contributed by atoms with Crippen LogP contribution < -0.4 is 5.73 Å². The Labute approximate surface area is 83.7 Å². The summed E-state index contributed by atoms with van der Waals surface area (Å²) in [7, 11) is 0. The van der Waals surface area contributed by atoms with Gasteiger partial charge in [0.15, 0.2) is 0 Å². The molecule has 2 rings (SSSR count). The van der Waals surface area contributed by atoms with Gasteiger partial charge in [-0.1, -0.05) is 12.2 Å². The van der Waals surface area contributed by atoms with Gasteiger partial charge < -0.3 is 10.6 Å². The number of carbonyl (C=O) groups is 1. The fourth-order valence-corrected chi connectivity index (χ4v) is 1.84. The standard InChI is InChI=1S/C9H12N2O.ClH/c10-9(12)7-4-6-11-5-2-1-3-8(7)11;/h1-3,7H,4-6H2,(H2,10,12);1H. The van der Waals surface area contributed by atoms with Crippen molar-refractivity contribution >= 4 is 18.3 Å². The number of rotatable bonds is 1. The molecule has 0 spiro atoms. The van der Waals surface area contributed by atoms with Crippen LogP contribution in [0.15, 0.2) is 23.9 Å². The monoisotopic (exact) mass is 200 g/mol. The zero-order chi connectivity index (χ0) is 8.55. The highest BCUT2D eigenvalue weighted by Gasteiger charge is 2.31. The Bertz CT molecular complexity index is 273. The van der Waals surface area contributed by atoms with E-state index in [2.05, 4.69) is 11.0 Å². The maximum Gasteiger partial charge on any atom is 0.226 e. The summed E-state index contributed by atoms with van der Waals surface area (Å²) in [6.45, 7) is 1.89. The first-order valence-corrected chi connectivity index (χ1v) is 4.20. The van der Waals surface area contributed by atoms with E-state index >= 15 is 0 Å². The Morgan fingerprint density at radius 1 is 1.62 bits per heavy atom. The zero-order valence-corrected chi connectivity index (χ0v) is 8.09. The van der Waals surface area contributed by atoms with Crippen LogP contribution in [0.3, 0.4) is 0 Å². The largest absolute Gasteiger partial charge is 0.370 e. The lowest BCUT2D eigenvalue weighted by Gasteiger charge is -2.21. The third-order valence-electron chi connectivity index (χ3n) is 2.48. The second-order valence-corrected chi connectivity index (χ2v) is 3.21. The Morgan fingerprint density at radius 2 is 2.38 bits per heavy atom. The molecule has 0 bridgehead atoms. The molecular formula is C9H13ClN2O. The summed E-state index contributed by atoms with van der Waals surface area (Å²) in [5, 5.41) is 0. The molecule has 13 heavy (non-hydrogen) atoms. The molecule has 1 saturated heterocycles. The van der Waals surface area contributed by atoms with Crippen molar-refractivity contribution in [2.24, 2.45) is 11.7 Å². The Kier molecular flexibility index (Phi) is 2.98. The normalized spacial score (nSPS) is 24.8. The average molecular weight is 201 g/mol. The summed E-state index contributed by atoms with van der Waals surface area (Å²) in [5.74, 6) is -0.242. The molecule has 0 aliphatic carbocycles. The smallest absolute Gasteiger partial charge is 0.226 e. The molecule has 0 aromatic carbocycles. The van der Waals surface area contributed by atoms with Gasteiger partial charge in [0.05, 0.1) is 5.92 Å². The molecule has 1 unspecified atom stereocenters. The number of amides is 1. The van der Waals surface area contributed by atoms with Crippen molar-refractivity contribution in [1.29, 1.82) is 0 Å². The van der Waals surface area contributed by atoms with Crippen molar-refractivity contribution in [3.63, 3.8) is 0 Å². The minimum atomic E-state index is -0.195. The first-order valence-electron chi connectivity index (χ1n) is 4.20. The highest BCUT2D eigenvalue weighted by molar-refractivity contribution is 5.85. The lowest BCUT2D eigenvalue weighted by atomic mass is 10.0. The molecule has 0 radical (unpaired) electrons. The highest BCUT2D eigenvalue weighted by atomic mass is 35.5. The number of fused-ring (bicyclic) bond motifs is 1. The van der Waals surface area contributed by atoms with E-state index in [1.807, 2.05) is 12.2 Å². The second kappa shape index (κ2) is 3.83. The molecule has 1 atom stereocenters. The van der Waals surface area contributed by atoms with Crippen molar-refractivity contribution in [2.75, 3.05) is 13.1 Å². The number of hydrogen-bond acceptors (Lipinski definition) is 2. The van der Waals surface area contributed by atoms with Gasteiger partial charge in [0.2, 0.25) is 5.91 Å².